The van der Waals surface area contributed by atoms with Crippen LogP contribution in [0.5, 0.6) is 0 Å². The molecule has 7 heteroatoms. The van der Waals surface area contributed by atoms with E-state index >= 15 is 0 Å². The second-order valence-corrected chi connectivity index (χ2v) is 5.35. The van der Waals surface area contributed by atoms with Crippen LogP contribution in [0.2, 0.25) is 0 Å². The monoisotopic (exact) mass is 268 g/mol. The topological polar surface area (TPSA) is 58.4 Å². The van der Waals surface area contributed by atoms with Gasteiger partial charge in [-0.05, 0) is 0 Å². The Morgan fingerprint density at radius 1 is 1.61 bits per heavy atom. The maximum Gasteiger partial charge on any atom is 0.282 e. The summed E-state index contributed by atoms with van der Waals surface area (Å²) in [6, 6.07) is 0. The first-order valence-electron chi connectivity index (χ1n) is 5.69. The van der Waals surface area contributed by atoms with Crippen molar-refractivity contribution in [2.24, 2.45) is 7.05 Å². The Kier molecular flexibility index (Phi) is 3.90. The number of rotatable bonds is 4. The maximum atomic E-state index is 12.0. The van der Waals surface area contributed by atoms with E-state index in [0.29, 0.717) is 13.1 Å². The Bertz CT molecular complexity index is 460. The zero-order valence-electron chi connectivity index (χ0n) is 10.5. The molecule has 0 spiro atoms. The minimum absolute atomic E-state index is 0.00173. The molecule has 1 aliphatic heterocycles. The molecule has 0 aromatic carbocycles. The standard InChI is InChI=1S/C11H16N4O2S/c1-13(6-9-5-12-14(2)7-9)10(16)8-15-3-4-18-11(15)17/h5,7H,3-4,6,8H2,1-2H3. The Morgan fingerprint density at radius 2 is 2.39 bits per heavy atom. The molecule has 0 N–H and O–H groups in total. The van der Waals surface area contributed by atoms with Crippen LogP contribution in [0.15, 0.2) is 12.4 Å². The first-order chi connectivity index (χ1) is 8.56. The third-order valence-electron chi connectivity index (χ3n) is 2.77. The Labute approximate surface area is 110 Å². The molecule has 0 atom stereocenters. The zero-order valence-corrected chi connectivity index (χ0v) is 11.3. The number of hydrogen-bond donors (Lipinski definition) is 0. The van der Waals surface area contributed by atoms with Crippen molar-refractivity contribution < 1.29 is 9.59 Å². The Hall–Kier alpha value is -1.50. The molecule has 6 nitrogen and oxygen atoms in total. The summed E-state index contributed by atoms with van der Waals surface area (Å²) in [5.74, 6) is 0.730. The summed E-state index contributed by atoms with van der Waals surface area (Å²) in [7, 11) is 3.58. The molecule has 2 heterocycles. The molecule has 2 rings (SSSR count). The number of likely N-dealkylation sites (N-methyl/N-ethyl adjacent to an activating group) is 1. The van der Waals surface area contributed by atoms with Gasteiger partial charge in [-0.3, -0.25) is 14.3 Å². The summed E-state index contributed by atoms with van der Waals surface area (Å²) in [5.41, 5.74) is 0.982. The maximum absolute atomic E-state index is 12.0. The quantitative estimate of drug-likeness (QED) is 0.800. The molecular weight excluding hydrogens is 252 g/mol. The second-order valence-electron chi connectivity index (χ2n) is 4.31. The highest BCUT2D eigenvalue weighted by Crippen LogP contribution is 2.17. The molecule has 18 heavy (non-hydrogen) atoms. The summed E-state index contributed by atoms with van der Waals surface area (Å²) in [5, 5.41) is 4.05. The smallest absolute Gasteiger partial charge is 0.282 e. The predicted molar refractivity (Wildman–Crippen MR) is 69.1 cm³/mol. The van der Waals surface area contributed by atoms with Crippen LogP contribution in [0, 0.1) is 0 Å². The summed E-state index contributed by atoms with van der Waals surface area (Å²) >= 11 is 1.27. The minimum atomic E-state index is -0.0466. The molecule has 1 aliphatic rings. The van der Waals surface area contributed by atoms with Gasteiger partial charge < -0.3 is 9.80 Å². The van der Waals surface area contributed by atoms with E-state index in [1.54, 1.807) is 27.7 Å². The molecule has 1 saturated heterocycles. The molecule has 0 saturated carbocycles. The van der Waals surface area contributed by atoms with Gasteiger partial charge in [-0.1, -0.05) is 11.8 Å². The van der Waals surface area contributed by atoms with E-state index in [-0.39, 0.29) is 17.7 Å². The van der Waals surface area contributed by atoms with E-state index in [4.69, 9.17) is 0 Å². The van der Waals surface area contributed by atoms with Crippen LogP contribution in [0.3, 0.4) is 0 Å². The predicted octanol–water partition coefficient (Wildman–Crippen LogP) is 0.547. The zero-order chi connectivity index (χ0) is 13.1. The molecule has 1 aromatic rings. The highest BCUT2D eigenvalue weighted by Gasteiger charge is 2.24. The lowest BCUT2D eigenvalue weighted by Crippen LogP contribution is -2.38. The van der Waals surface area contributed by atoms with Gasteiger partial charge in [-0.25, -0.2) is 0 Å². The molecule has 0 aliphatic carbocycles. The van der Waals surface area contributed by atoms with Crippen molar-refractivity contribution in [1.29, 1.82) is 0 Å². The lowest BCUT2D eigenvalue weighted by molar-refractivity contribution is -0.130. The number of carbonyl (C=O) groups excluding carboxylic acids is 2. The van der Waals surface area contributed by atoms with Gasteiger partial charge in [-0.15, -0.1) is 0 Å². The molecule has 2 amide bonds. The summed E-state index contributed by atoms with van der Waals surface area (Å²) in [6.07, 6.45) is 3.61. The minimum Gasteiger partial charge on any atom is -0.340 e. The number of hydrogen-bond acceptors (Lipinski definition) is 4. The van der Waals surface area contributed by atoms with E-state index in [1.807, 2.05) is 13.2 Å². The average molecular weight is 268 g/mol. The van der Waals surface area contributed by atoms with Gasteiger partial charge in [-0.2, -0.15) is 5.10 Å². The van der Waals surface area contributed by atoms with E-state index in [1.165, 1.54) is 11.8 Å². The van der Waals surface area contributed by atoms with Crippen molar-refractivity contribution in [3.05, 3.63) is 18.0 Å². The Morgan fingerprint density at radius 3 is 2.94 bits per heavy atom. The number of nitrogens with zero attached hydrogens (tertiary/aromatic N) is 4. The lowest BCUT2D eigenvalue weighted by atomic mass is 10.3. The van der Waals surface area contributed by atoms with Gasteiger partial charge in [0.05, 0.1) is 6.20 Å². The molecular formula is C11H16N4O2S. The van der Waals surface area contributed by atoms with Gasteiger partial charge in [0.15, 0.2) is 0 Å². The van der Waals surface area contributed by atoms with Crippen molar-refractivity contribution >= 4 is 22.9 Å². The molecule has 0 radical (unpaired) electrons. The van der Waals surface area contributed by atoms with Crippen LogP contribution in [0.4, 0.5) is 4.79 Å². The molecule has 1 fully saturated rings. The van der Waals surface area contributed by atoms with Crippen LogP contribution < -0.4 is 0 Å². The van der Waals surface area contributed by atoms with Crippen LogP contribution in [-0.4, -0.2) is 56.6 Å². The van der Waals surface area contributed by atoms with E-state index in [9.17, 15) is 9.59 Å². The number of thioether (sulfide) groups is 1. The Balaban J connectivity index is 1.86. The fourth-order valence-corrected chi connectivity index (χ4v) is 2.59. The molecule has 0 unspecified atom stereocenters. The average Bonchev–Trinajstić information content (AvgIpc) is 2.89. The normalized spacial score (nSPS) is 15.2. The van der Waals surface area contributed by atoms with Gasteiger partial charge in [0, 0.05) is 44.7 Å². The van der Waals surface area contributed by atoms with Crippen molar-refractivity contribution in [3.63, 3.8) is 0 Å². The highest BCUT2D eigenvalue weighted by atomic mass is 32.2. The van der Waals surface area contributed by atoms with E-state index in [2.05, 4.69) is 5.10 Å². The third kappa shape index (κ3) is 3.04. The number of carbonyl (C=O) groups is 2. The second kappa shape index (κ2) is 5.43. The lowest BCUT2D eigenvalue weighted by Gasteiger charge is -2.20. The van der Waals surface area contributed by atoms with Gasteiger partial charge >= 0.3 is 0 Å². The van der Waals surface area contributed by atoms with Crippen molar-refractivity contribution in [2.75, 3.05) is 25.9 Å². The van der Waals surface area contributed by atoms with E-state index < -0.39 is 0 Å². The van der Waals surface area contributed by atoms with Crippen molar-refractivity contribution in [1.82, 2.24) is 19.6 Å². The third-order valence-corrected chi connectivity index (χ3v) is 3.67. The van der Waals surface area contributed by atoms with Crippen LogP contribution in [0.1, 0.15) is 5.56 Å². The van der Waals surface area contributed by atoms with Gasteiger partial charge in [0.2, 0.25) is 5.91 Å². The van der Waals surface area contributed by atoms with Crippen molar-refractivity contribution in [3.8, 4) is 0 Å². The number of amides is 2. The summed E-state index contributed by atoms with van der Waals surface area (Å²) < 4.78 is 1.70. The first kappa shape index (κ1) is 12.9. The summed E-state index contributed by atoms with van der Waals surface area (Å²) in [6.45, 7) is 1.35. The fourth-order valence-electron chi connectivity index (χ4n) is 1.77. The van der Waals surface area contributed by atoms with E-state index in [0.717, 1.165) is 11.3 Å². The molecule has 0 bridgehead atoms. The summed E-state index contributed by atoms with van der Waals surface area (Å²) in [4.78, 5) is 26.6. The first-order valence-corrected chi connectivity index (χ1v) is 6.68. The molecule has 1 aromatic heterocycles. The molecule has 98 valence electrons. The number of aromatic nitrogens is 2. The number of aryl methyl sites for hydroxylation is 1. The van der Waals surface area contributed by atoms with Gasteiger partial charge in [0.1, 0.15) is 6.54 Å². The fraction of sp³-hybridized carbons (Fsp3) is 0.545. The van der Waals surface area contributed by atoms with Crippen LogP contribution in [-0.2, 0) is 18.4 Å². The van der Waals surface area contributed by atoms with Crippen LogP contribution in [0.25, 0.3) is 0 Å². The largest absolute Gasteiger partial charge is 0.340 e. The van der Waals surface area contributed by atoms with Gasteiger partial charge in [0.25, 0.3) is 5.24 Å². The SMILES string of the molecule is CN(Cc1cnn(C)c1)C(=O)CN1CCSC1=O. The highest BCUT2D eigenvalue weighted by molar-refractivity contribution is 8.13. The van der Waals surface area contributed by atoms with Crippen LogP contribution >= 0.6 is 11.8 Å². The van der Waals surface area contributed by atoms with Crippen molar-refractivity contribution in [2.45, 2.75) is 6.54 Å².